The highest BCUT2D eigenvalue weighted by molar-refractivity contribution is 5.53. The molecule has 0 amide bonds. The maximum atomic E-state index is 10.2. The van der Waals surface area contributed by atoms with E-state index in [-0.39, 0.29) is 0 Å². The molecule has 1 saturated heterocycles. The molecule has 2 aliphatic rings. The SMILES string of the molecule is C1CCOC1.O=CC1CCCCC1. The third-order valence-electron chi connectivity index (χ3n) is 2.67. The summed E-state index contributed by atoms with van der Waals surface area (Å²) in [7, 11) is 0. The van der Waals surface area contributed by atoms with Gasteiger partial charge in [-0.05, 0) is 25.7 Å². The molecular weight excluding hydrogens is 164 g/mol. The van der Waals surface area contributed by atoms with Crippen LogP contribution in [-0.2, 0) is 9.53 Å². The summed E-state index contributed by atoms with van der Waals surface area (Å²) >= 11 is 0. The van der Waals surface area contributed by atoms with Crippen molar-refractivity contribution in [1.82, 2.24) is 0 Å². The molecular formula is C11H20O2. The zero-order valence-corrected chi connectivity index (χ0v) is 8.34. The molecule has 76 valence electrons. The van der Waals surface area contributed by atoms with Crippen LogP contribution in [-0.4, -0.2) is 19.5 Å². The zero-order valence-electron chi connectivity index (χ0n) is 8.34. The van der Waals surface area contributed by atoms with E-state index in [1.54, 1.807) is 0 Å². The van der Waals surface area contributed by atoms with Gasteiger partial charge in [-0.15, -0.1) is 0 Å². The van der Waals surface area contributed by atoms with Crippen LogP contribution in [0.25, 0.3) is 0 Å². The number of ether oxygens (including phenoxy) is 1. The summed E-state index contributed by atoms with van der Waals surface area (Å²) in [5.74, 6) is 0.406. The lowest BCUT2D eigenvalue weighted by atomic mass is 9.91. The average Bonchev–Trinajstić information content (AvgIpc) is 2.77. The lowest BCUT2D eigenvalue weighted by Gasteiger charge is -2.14. The molecule has 0 atom stereocenters. The summed E-state index contributed by atoms with van der Waals surface area (Å²) in [4.78, 5) is 10.2. The Morgan fingerprint density at radius 2 is 1.54 bits per heavy atom. The molecule has 0 N–H and O–H groups in total. The number of hydrogen-bond donors (Lipinski definition) is 0. The zero-order chi connectivity index (χ0) is 9.36. The standard InChI is InChI=1S/C7H12O.C4H8O/c8-6-7-4-2-1-3-5-7;1-2-4-5-3-1/h6-7H,1-5H2;1-4H2. The van der Waals surface area contributed by atoms with Gasteiger partial charge in [0.2, 0.25) is 0 Å². The van der Waals surface area contributed by atoms with E-state index in [0.29, 0.717) is 5.92 Å². The summed E-state index contributed by atoms with van der Waals surface area (Å²) in [6, 6.07) is 0. The van der Waals surface area contributed by atoms with Crippen molar-refractivity contribution in [3.05, 3.63) is 0 Å². The van der Waals surface area contributed by atoms with Gasteiger partial charge in [0.1, 0.15) is 6.29 Å². The number of carbonyl (C=O) groups is 1. The molecule has 0 spiro atoms. The number of rotatable bonds is 1. The largest absolute Gasteiger partial charge is 0.381 e. The molecule has 2 nitrogen and oxygen atoms in total. The Labute approximate surface area is 80.7 Å². The Balaban J connectivity index is 0.000000145. The van der Waals surface area contributed by atoms with Crippen LogP contribution in [0.3, 0.4) is 0 Å². The van der Waals surface area contributed by atoms with E-state index >= 15 is 0 Å². The predicted octanol–water partition coefficient (Wildman–Crippen LogP) is 2.56. The van der Waals surface area contributed by atoms with E-state index < -0.39 is 0 Å². The van der Waals surface area contributed by atoms with Gasteiger partial charge in [-0.25, -0.2) is 0 Å². The Bertz CT molecular complexity index is 116. The van der Waals surface area contributed by atoms with Gasteiger partial charge in [0.25, 0.3) is 0 Å². The molecule has 2 heteroatoms. The minimum absolute atomic E-state index is 0.406. The van der Waals surface area contributed by atoms with Gasteiger partial charge in [0, 0.05) is 19.1 Å². The third-order valence-corrected chi connectivity index (χ3v) is 2.67. The molecule has 0 aromatic carbocycles. The van der Waals surface area contributed by atoms with Crippen molar-refractivity contribution in [1.29, 1.82) is 0 Å². The quantitative estimate of drug-likeness (QED) is 0.585. The molecule has 0 unspecified atom stereocenters. The first-order chi connectivity index (χ1) is 6.43. The van der Waals surface area contributed by atoms with Crippen LogP contribution in [0.2, 0.25) is 0 Å². The maximum Gasteiger partial charge on any atom is 0.123 e. The van der Waals surface area contributed by atoms with E-state index in [0.717, 1.165) is 32.3 Å². The lowest BCUT2D eigenvalue weighted by Crippen LogP contribution is -2.06. The van der Waals surface area contributed by atoms with Crippen LogP contribution < -0.4 is 0 Å². The van der Waals surface area contributed by atoms with E-state index in [2.05, 4.69) is 0 Å². The highest BCUT2D eigenvalue weighted by Crippen LogP contribution is 2.21. The molecule has 1 saturated carbocycles. The molecule has 13 heavy (non-hydrogen) atoms. The van der Waals surface area contributed by atoms with Gasteiger partial charge in [-0.2, -0.15) is 0 Å². The first-order valence-electron chi connectivity index (χ1n) is 5.46. The van der Waals surface area contributed by atoms with E-state index in [4.69, 9.17) is 4.74 Å². The topological polar surface area (TPSA) is 26.3 Å². The third kappa shape index (κ3) is 5.04. The Morgan fingerprint density at radius 3 is 1.85 bits per heavy atom. The van der Waals surface area contributed by atoms with Crippen molar-refractivity contribution in [2.75, 3.05) is 13.2 Å². The molecule has 0 radical (unpaired) electrons. The normalized spacial score (nSPS) is 23.4. The van der Waals surface area contributed by atoms with Crippen LogP contribution in [0.1, 0.15) is 44.9 Å². The predicted molar refractivity (Wildman–Crippen MR) is 52.7 cm³/mol. The molecule has 2 rings (SSSR count). The van der Waals surface area contributed by atoms with Crippen molar-refractivity contribution in [3.8, 4) is 0 Å². The highest BCUT2D eigenvalue weighted by Gasteiger charge is 2.10. The molecule has 0 bridgehead atoms. The first-order valence-corrected chi connectivity index (χ1v) is 5.46. The molecule has 1 heterocycles. The van der Waals surface area contributed by atoms with E-state index in [9.17, 15) is 4.79 Å². The van der Waals surface area contributed by atoms with Crippen LogP contribution in [0, 0.1) is 5.92 Å². The van der Waals surface area contributed by atoms with Gasteiger partial charge in [0.05, 0.1) is 0 Å². The van der Waals surface area contributed by atoms with Crippen molar-refractivity contribution in [2.24, 2.45) is 5.92 Å². The first kappa shape index (κ1) is 10.7. The van der Waals surface area contributed by atoms with Gasteiger partial charge in [-0.3, -0.25) is 0 Å². The van der Waals surface area contributed by atoms with Crippen LogP contribution in [0.15, 0.2) is 0 Å². The molecule has 2 fully saturated rings. The maximum absolute atomic E-state index is 10.2. The Kier molecular flexibility index (Phi) is 5.83. The summed E-state index contributed by atoms with van der Waals surface area (Å²) < 4.78 is 4.94. The van der Waals surface area contributed by atoms with Crippen molar-refractivity contribution in [2.45, 2.75) is 44.9 Å². The Morgan fingerprint density at radius 1 is 0.923 bits per heavy atom. The van der Waals surface area contributed by atoms with Crippen LogP contribution in [0.4, 0.5) is 0 Å². The fourth-order valence-corrected chi connectivity index (χ4v) is 1.78. The minimum Gasteiger partial charge on any atom is -0.381 e. The summed E-state index contributed by atoms with van der Waals surface area (Å²) in [5, 5.41) is 0. The van der Waals surface area contributed by atoms with Crippen LogP contribution in [0.5, 0.6) is 0 Å². The minimum atomic E-state index is 0.406. The monoisotopic (exact) mass is 184 g/mol. The summed E-state index contributed by atoms with van der Waals surface area (Å²) in [6.45, 7) is 2.00. The van der Waals surface area contributed by atoms with Gasteiger partial charge in [0.15, 0.2) is 0 Å². The average molecular weight is 184 g/mol. The van der Waals surface area contributed by atoms with E-state index in [1.807, 2.05) is 0 Å². The summed E-state index contributed by atoms with van der Waals surface area (Å²) in [5.41, 5.74) is 0. The van der Waals surface area contributed by atoms with E-state index in [1.165, 1.54) is 32.1 Å². The second-order valence-electron chi connectivity index (χ2n) is 3.85. The van der Waals surface area contributed by atoms with Gasteiger partial charge >= 0.3 is 0 Å². The van der Waals surface area contributed by atoms with Crippen molar-refractivity contribution in [3.63, 3.8) is 0 Å². The van der Waals surface area contributed by atoms with Crippen molar-refractivity contribution < 1.29 is 9.53 Å². The number of carbonyl (C=O) groups excluding carboxylic acids is 1. The van der Waals surface area contributed by atoms with Gasteiger partial charge in [-0.1, -0.05) is 19.3 Å². The van der Waals surface area contributed by atoms with Crippen LogP contribution >= 0.6 is 0 Å². The summed E-state index contributed by atoms with van der Waals surface area (Å²) in [6.07, 6.45) is 9.82. The highest BCUT2D eigenvalue weighted by atomic mass is 16.5. The fraction of sp³-hybridized carbons (Fsp3) is 0.909. The molecule has 0 aromatic rings. The number of aldehydes is 1. The second kappa shape index (κ2) is 7.07. The molecule has 1 aliphatic heterocycles. The smallest absolute Gasteiger partial charge is 0.123 e. The van der Waals surface area contributed by atoms with Gasteiger partial charge < -0.3 is 9.53 Å². The Hall–Kier alpha value is -0.370. The lowest BCUT2D eigenvalue weighted by molar-refractivity contribution is -0.111. The van der Waals surface area contributed by atoms with Crippen molar-refractivity contribution >= 4 is 6.29 Å². The second-order valence-corrected chi connectivity index (χ2v) is 3.85. The molecule has 0 aromatic heterocycles. The fourth-order valence-electron chi connectivity index (χ4n) is 1.78. The number of hydrogen-bond acceptors (Lipinski definition) is 2. The molecule has 1 aliphatic carbocycles.